The van der Waals surface area contributed by atoms with E-state index < -0.39 is 17.7 Å². The fourth-order valence-electron chi connectivity index (χ4n) is 4.99. The van der Waals surface area contributed by atoms with E-state index in [0.29, 0.717) is 54.6 Å². The summed E-state index contributed by atoms with van der Waals surface area (Å²) in [6.07, 6.45) is 0.664. The maximum absolute atomic E-state index is 13.4. The first-order valence-corrected chi connectivity index (χ1v) is 13.8. The van der Waals surface area contributed by atoms with E-state index in [1.165, 1.54) is 4.90 Å². The maximum atomic E-state index is 13.4. The summed E-state index contributed by atoms with van der Waals surface area (Å²) in [5.41, 5.74) is 2.96. The van der Waals surface area contributed by atoms with Gasteiger partial charge in [-0.3, -0.25) is 9.59 Å². The number of ketones is 1. The molecule has 0 radical (unpaired) electrons. The first-order valence-electron chi connectivity index (χ1n) is 13.8. The number of methoxy groups -OCH3 is 1. The minimum absolute atomic E-state index is 0.0448. The third kappa shape index (κ3) is 6.72. The zero-order valence-corrected chi connectivity index (χ0v) is 24.3. The highest BCUT2D eigenvalue weighted by molar-refractivity contribution is 6.46. The van der Waals surface area contributed by atoms with E-state index >= 15 is 0 Å². The van der Waals surface area contributed by atoms with Crippen LogP contribution in [0.3, 0.4) is 0 Å². The van der Waals surface area contributed by atoms with Gasteiger partial charge in [0.25, 0.3) is 11.7 Å². The number of nitrogens with zero attached hydrogens (tertiary/aromatic N) is 2. The van der Waals surface area contributed by atoms with E-state index in [1.54, 1.807) is 37.4 Å². The third-order valence-electron chi connectivity index (χ3n) is 7.03. The summed E-state index contributed by atoms with van der Waals surface area (Å²) in [5.74, 6) is 0.135. The zero-order valence-electron chi connectivity index (χ0n) is 24.3. The summed E-state index contributed by atoms with van der Waals surface area (Å²) in [5, 5.41) is 11.5. The smallest absolute Gasteiger partial charge is 0.295 e. The highest BCUT2D eigenvalue weighted by Crippen LogP contribution is 2.42. The molecule has 0 aromatic heterocycles. The van der Waals surface area contributed by atoms with Crippen molar-refractivity contribution in [3.63, 3.8) is 0 Å². The molecule has 0 bridgehead atoms. The average molecular weight is 559 g/mol. The number of hydrogen-bond acceptors (Lipinski definition) is 7. The molecule has 8 nitrogen and oxygen atoms in total. The molecule has 8 heteroatoms. The average Bonchev–Trinajstić information content (AvgIpc) is 3.22. The predicted molar refractivity (Wildman–Crippen MR) is 158 cm³/mol. The Bertz CT molecular complexity index is 1420. The van der Waals surface area contributed by atoms with Gasteiger partial charge in [0.05, 0.1) is 25.3 Å². The number of carbonyl (C=O) groups is 2. The number of hydrogen-bond donors (Lipinski definition) is 1. The van der Waals surface area contributed by atoms with Gasteiger partial charge in [0.15, 0.2) is 11.5 Å². The van der Waals surface area contributed by atoms with Crippen LogP contribution in [0.4, 0.5) is 0 Å². The van der Waals surface area contributed by atoms with Crippen LogP contribution in [0, 0.1) is 6.92 Å². The summed E-state index contributed by atoms with van der Waals surface area (Å²) in [6, 6.07) is 19.6. The van der Waals surface area contributed by atoms with Crippen molar-refractivity contribution in [1.29, 1.82) is 0 Å². The molecule has 0 spiro atoms. The Morgan fingerprint density at radius 2 is 1.68 bits per heavy atom. The van der Waals surface area contributed by atoms with Gasteiger partial charge >= 0.3 is 0 Å². The number of Topliss-reactive ketones (excluding diaryl/α,β-unsaturated/α-hetero) is 1. The Morgan fingerprint density at radius 1 is 0.951 bits per heavy atom. The maximum Gasteiger partial charge on any atom is 0.295 e. The van der Waals surface area contributed by atoms with Gasteiger partial charge in [-0.05, 0) is 87.9 Å². The molecule has 1 aliphatic rings. The van der Waals surface area contributed by atoms with Crippen molar-refractivity contribution >= 4 is 17.4 Å². The molecule has 1 saturated heterocycles. The molecule has 3 aromatic carbocycles. The number of aliphatic hydroxyl groups is 1. The van der Waals surface area contributed by atoms with Crippen LogP contribution in [-0.2, 0) is 16.2 Å². The quantitative estimate of drug-likeness (QED) is 0.182. The second kappa shape index (κ2) is 13.4. The number of amides is 1. The van der Waals surface area contributed by atoms with Crippen molar-refractivity contribution in [2.75, 3.05) is 40.9 Å². The fraction of sp³-hybridized carbons (Fsp3) is 0.333. The molecule has 1 N–H and O–H groups in total. The Hall–Kier alpha value is -4.30. The molecule has 41 heavy (non-hydrogen) atoms. The predicted octanol–water partition coefficient (Wildman–Crippen LogP) is 5.35. The zero-order chi connectivity index (χ0) is 29.5. The van der Waals surface area contributed by atoms with Crippen LogP contribution in [0.25, 0.3) is 5.76 Å². The summed E-state index contributed by atoms with van der Waals surface area (Å²) < 4.78 is 17.2. The summed E-state index contributed by atoms with van der Waals surface area (Å²) >= 11 is 0. The molecule has 1 aliphatic heterocycles. The van der Waals surface area contributed by atoms with E-state index in [4.69, 9.17) is 14.2 Å². The van der Waals surface area contributed by atoms with Crippen LogP contribution in [0.2, 0.25) is 0 Å². The van der Waals surface area contributed by atoms with E-state index in [2.05, 4.69) is 0 Å². The largest absolute Gasteiger partial charge is 0.507 e. The van der Waals surface area contributed by atoms with E-state index in [-0.39, 0.29) is 11.3 Å². The number of aliphatic hydroxyl groups excluding tert-OH is 1. The van der Waals surface area contributed by atoms with Gasteiger partial charge in [-0.25, -0.2) is 0 Å². The molecule has 4 rings (SSSR count). The molecule has 216 valence electrons. The number of rotatable bonds is 12. The van der Waals surface area contributed by atoms with Gasteiger partial charge in [-0.1, -0.05) is 36.4 Å². The normalized spacial score (nSPS) is 16.3. The van der Waals surface area contributed by atoms with Gasteiger partial charge in [-0.2, -0.15) is 0 Å². The van der Waals surface area contributed by atoms with Crippen molar-refractivity contribution < 1.29 is 28.9 Å². The van der Waals surface area contributed by atoms with Gasteiger partial charge < -0.3 is 29.1 Å². The van der Waals surface area contributed by atoms with Crippen LogP contribution >= 0.6 is 0 Å². The van der Waals surface area contributed by atoms with Crippen LogP contribution < -0.4 is 14.2 Å². The van der Waals surface area contributed by atoms with Crippen LogP contribution in [-0.4, -0.2) is 67.5 Å². The lowest BCUT2D eigenvalue weighted by molar-refractivity contribution is -0.139. The minimum atomic E-state index is -0.781. The number of aryl methyl sites for hydroxylation is 1. The van der Waals surface area contributed by atoms with Crippen LogP contribution in [0.1, 0.15) is 41.6 Å². The van der Waals surface area contributed by atoms with Crippen molar-refractivity contribution in [3.8, 4) is 17.2 Å². The lowest BCUT2D eigenvalue weighted by Gasteiger charge is -2.26. The summed E-state index contributed by atoms with van der Waals surface area (Å²) in [4.78, 5) is 30.3. The Kier molecular flexibility index (Phi) is 9.68. The molecule has 3 aromatic rings. The first-order chi connectivity index (χ1) is 19.7. The molecule has 1 unspecified atom stereocenters. The molecule has 0 aliphatic carbocycles. The lowest BCUT2D eigenvalue weighted by atomic mass is 9.94. The number of carbonyl (C=O) groups excluding carboxylic acids is 2. The molecule has 1 amide bonds. The third-order valence-corrected chi connectivity index (χ3v) is 7.03. The Labute approximate surface area is 241 Å². The second-order valence-corrected chi connectivity index (χ2v) is 10.2. The Balaban J connectivity index is 1.72. The van der Waals surface area contributed by atoms with Crippen LogP contribution in [0.5, 0.6) is 17.2 Å². The molecule has 0 saturated carbocycles. The highest BCUT2D eigenvalue weighted by atomic mass is 16.5. The van der Waals surface area contributed by atoms with Gasteiger partial charge in [-0.15, -0.1) is 0 Å². The van der Waals surface area contributed by atoms with E-state index in [1.807, 2.05) is 69.2 Å². The van der Waals surface area contributed by atoms with Crippen molar-refractivity contribution in [2.24, 2.45) is 0 Å². The number of benzene rings is 3. The van der Waals surface area contributed by atoms with Crippen molar-refractivity contribution in [3.05, 3.63) is 94.6 Å². The molecule has 1 heterocycles. The van der Waals surface area contributed by atoms with Gasteiger partial charge in [0.2, 0.25) is 0 Å². The molecular weight excluding hydrogens is 520 g/mol. The van der Waals surface area contributed by atoms with Gasteiger partial charge in [0.1, 0.15) is 18.1 Å². The topological polar surface area (TPSA) is 88.5 Å². The fourth-order valence-corrected chi connectivity index (χ4v) is 4.99. The monoisotopic (exact) mass is 558 g/mol. The lowest BCUT2D eigenvalue weighted by Crippen LogP contribution is -2.32. The number of ether oxygens (including phenoxy) is 3. The number of likely N-dealkylation sites (tertiary alicyclic amines) is 1. The molecule has 1 fully saturated rings. The van der Waals surface area contributed by atoms with E-state index in [9.17, 15) is 14.7 Å². The highest BCUT2D eigenvalue weighted by Gasteiger charge is 2.46. The second-order valence-electron chi connectivity index (χ2n) is 10.2. The van der Waals surface area contributed by atoms with E-state index in [0.717, 1.165) is 17.7 Å². The SMILES string of the molecule is CCOc1ccc(C2/C(=C(/O)c3ccc(OCc4ccccc4)c(C)c3)C(=O)C(=O)N2CCCN(C)C)cc1OC. The Morgan fingerprint density at radius 3 is 2.34 bits per heavy atom. The standard InChI is InChI=1S/C33H38N2O6/c1-6-40-27-16-13-24(20-28(27)39-5)30-29(32(37)33(38)35(30)18-10-17-34(3)4)31(36)25-14-15-26(22(2)19-25)41-21-23-11-8-7-9-12-23/h7-9,11-16,19-20,30,36H,6,10,17-18,21H2,1-5H3/b31-29-. The minimum Gasteiger partial charge on any atom is -0.507 e. The molecule has 1 atom stereocenters. The van der Waals surface area contributed by atoms with Crippen molar-refractivity contribution in [1.82, 2.24) is 9.80 Å². The van der Waals surface area contributed by atoms with Gasteiger partial charge in [0, 0.05) is 12.1 Å². The summed E-state index contributed by atoms with van der Waals surface area (Å²) in [6.45, 7) is 5.73. The molecular formula is C33H38N2O6. The first kappa shape index (κ1) is 29.7. The van der Waals surface area contributed by atoms with Crippen molar-refractivity contribution in [2.45, 2.75) is 32.9 Å². The van der Waals surface area contributed by atoms with Crippen LogP contribution in [0.15, 0.2) is 72.3 Å². The summed E-state index contributed by atoms with van der Waals surface area (Å²) in [7, 11) is 5.46.